The van der Waals surface area contributed by atoms with Crippen LogP contribution >= 0.6 is 34.4 Å². The number of thiophene rings is 1. The van der Waals surface area contributed by atoms with Crippen LogP contribution in [0.3, 0.4) is 0 Å². The summed E-state index contributed by atoms with van der Waals surface area (Å²) < 4.78 is 28.4. The Hall–Kier alpha value is -1.13. The van der Waals surface area contributed by atoms with Crippen molar-refractivity contribution in [1.82, 2.24) is 9.29 Å². The molecule has 1 aromatic carbocycles. The van der Waals surface area contributed by atoms with E-state index in [2.05, 4.69) is 29.4 Å². The Kier molecular flexibility index (Phi) is 4.76. The van der Waals surface area contributed by atoms with E-state index in [9.17, 15) is 8.42 Å². The fraction of sp³-hybridized carbons (Fsp3) is 0.312. The van der Waals surface area contributed by atoms with Crippen molar-refractivity contribution >= 4 is 59.8 Å². The first-order valence-electron chi connectivity index (χ1n) is 7.82. The molecule has 0 bridgehead atoms. The van der Waals surface area contributed by atoms with Crippen molar-refractivity contribution in [3.63, 3.8) is 0 Å². The molecule has 132 valence electrons. The Bertz CT molecular complexity index is 974. The van der Waals surface area contributed by atoms with Crippen LogP contribution in [0.25, 0.3) is 10.2 Å². The summed E-state index contributed by atoms with van der Waals surface area (Å²) in [5, 5.41) is 2.78. The predicted molar refractivity (Wildman–Crippen MR) is 107 cm³/mol. The standard InChI is InChI=1S/C16H17N3O2S4/c1-22-12-4-2-5-13-15(12)17-16(24-13)18-7-9-19(10-8-18)25(20,21)14-6-3-11-23-14/h2-6,11H,7-10H2,1H3. The molecule has 0 aliphatic carbocycles. The van der Waals surface area contributed by atoms with E-state index in [-0.39, 0.29) is 0 Å². The fourth-order valence-electron chi connectivity index (χ4n) is 2.87. The molecule has 0 unspecified atom stereocenters. The second kappa shape index (κ2) is 6.88. The second-order valence-corrected chi connectivity index (χ2v) is 10.6. The van der Waals surface area contributed by atoms with Crippen LogP contribution in [-0.4, -0.2) is 50.1 Å². The van der Waals surface area contributed by atoms with Crippen molar-refractivity contribution in [2.24, 2.45) is 0 Å². The number of anilines is 1. The zero-order valence-corrected chi connectivity index (χ0v) is 16.8. The first kappa shape index (κ1) is 17.3. The zero-order valence-electron chi connectivity index (χ0n) is 13.6. The van der Waals surface area contributed by atoms with E-state index >= 15 is 0 Å². The fourth-order valence-corrected chi connectivity index (χ4v) is 7.11. The van der Waals surface area contributed by atoms with Crippen LogP contribution in [0.1, 0.15) is 0 Å². The molecule has 0 saturated carbocycles. The topological polar surface area (TPSA) is 53.5 Å². The van der Waals surface area contributed by atoms with Crippen molar-refractivity contribution in [1.29, 1.82) is 0 Å². The summed E-state index contributed by atoms with van der Waals surface area (Å²) >= 11 is 4.65. The predicted octanol–water partition coefficient (Wildman–Crippen LogP) is 3.59. The highest BCUT2D eigenvalue weighted by Crippen LogP contribution is 2.34. The number of hydrogen-bond donors (Lipinski definition) is 0. The number of thioether (sulfide) groups is 1. The summed E-state index contributed by atoms with van der Waals surface area (Å²) in [6, 6.07) is 9.68. The van der Waals surface area contributed by atoms with Crippen molar-refractivity contribution in [3.05, 3.63) is 35.7 Å². The maximum absolute atomic E-state index is 12.6. The molecule has 0 amide bonds. The zero-order chi connectivity index (χ0) is 17.4. The Balaban J connectivity index is 1.53. The summed E-state index contributed by atoms with van der Waals surface area (Å²) in [7, 11) is -3.35. The molecule has 2 aromatic heterocycles. The van der Waals surface area contributed by atoms with Gasteiger partial charge in [-0.2, -0.15) is 4.31 Å². The van der Waals surface area contributed by atoms with Crippen molar-refractivity contribution in [2.45, 2.75) is 9.10 Å². The Labute approximate surface area is 159 Å². The molecule has 1 aliphatic rings. The van der Waals surface area contributed by atoms with Gasteiger partial charge in [0.25, 0.3) is 10.0 Å². The second-order valence-electron chi connectivity index (χ2n) is 5.63. The van der Waals surface area contributed by atoms with Crippen LogP contribution in [0.4, 0.5) is 5.13 Å². The highest BCUT2D eigenvalue weighted by atomic mass is 32.2. The molecule has 0 N–H and O–H groups in total. The Morgan fingerprint density at radius 3 is 2.60 bits per heavy atom. The molecule has 1 saturated heterocycles. The molecule has 0 spiro atoms. The highest BCUT2D eigenvalue weighted by molar-refractivity contribution is 7.98. The van der Waals surface area contributed by atoms with Gasteiger partial charge in [-0.05, 0) is 29.8 Å². The van der Waals surface area contributed by atoms with E-state index < -0.39 is 10.0 Å². The summed E-state index contributed by atoms with van der Waals surface area (Å²) in [4.78, 5) is 8.17. The average Bonchev–Trinajstić information content (AvgIpc) is 3.31. The summed E-state index contributed by atoms with van der Waals surface area (Å²) in [5.41, 5.74) is 1.05. The quantitative estimate of drug-likeness (QED) is 0.614. The van der Waals surface area contributed by atoms with Gasteiger partial charge in [0.05, 0.1) is 10.2 Å². The minimum atomic E-state index is -3.35. The summed E-state index contributed by atoms with van der Waals surface area (Å²) in [5.74, 6) is 0. The SMILES string of the molecule is CSc1cccc2sc(N3CCN(S(=O)(=O)c4cccs4)CC3)nc12. The smallest absolute Gasteiger partial charge is 0.252 e. The Morgan fingerprint density at radius 1 is 1.12 bits per heavy atom. The first-order chi connectivity index (χ1) is 12.1. The summed E-state index contributed by atoms with van der Waals surface area (Å²) in [6.07, 6.45) is 2.06. The lowest BCUT2D eigenvalue weighted by atomic mass is 10.3. The molecule has 1 fully saturated rings. The van der Waals surface area contributed by atoms with E-state index in [0.717, 1.165) is 10.6 Å². The number of rotatable bonds is 4. The van der Waals surface area contributed by atoms with Crippen LogP contribution in [-0.2, 0) is 10.0 Å². The van der Waals surface area contributed by atoms with Gasteiger partial charge in [0.15, 0.2) is 5.13 Å². The summed E-state index contributed by atoms with van der Waals surface area (Å²) in [6.45, 7) is 2.31. The minimum absolute atomic E-state index is 0.422. The van der Waals surface area contributed by atoms with Gasteiger partial charge in [0.2, 0.25) is 0 Å². The number of aromatic nitrogens is 1. The van der Waals surface area contributed by atoms with Gasteiger partial charge in [-0.25, -0.2) is 13.4 Å². The van der Waals surface area contributed by atoms with Gasteiger partial charge in [-0.15, -0.1) is 23.1 Å². The van der Waals surface area contributed by atoms with Crippen LogP contribution in [0, 0.1) is 0 Å². The molecular formula is C16H17N3O2S4. The molecule has 25 heavy (non-hydrogen) atoms. The number of hydrogen-bond acceptors (Lipinski definition) is 7. The van der Waals surface area contributed by atoms with Crippen LogP contribution in [0.5, 0.6) is 0 Å². The molecule has 0 atom stereocenters. The molecule has 4 rings (SSSR count). The maximum atomic E-state index is 12.6. The number of nitrogens with zero attached hydrogens (tertiary/aromatic N) is 3. The molecular weight excluding hydrogens is 394 g/mol. The highest BCUT2D eigenvalue weighted by Gasteiger charge is 2.30. The van der Waals surface area contributed by atoms with Crippen molar-refractivity contribution < 1.29 is 8.42 Å². The van der Waals surface area contributed by atoms with E-state index in [0.29, 0.717) is 30.4 Å². The molecule has 0 radical (unpaired) electrons. The normalized spacial score (nSPS) is 16.6. The third-order valence-electron chi connectivity index (χ3n) is 4.19. The molecule has 5 nitrogen and oxygen atoms in total. The molecule has 1 aliphatic heterocycles. The molecule has 9 heteroatoms. The van der Waals surface area contributed by atoms with Gasteiger partial charge in [0.1, 0.15) is 4.21 Å². The van der Waals surface area contributed by atoms with Gasteiger partial charge in [-0.3, -0.25) is 0 Å². The number of piperazine rings is 1. The lowest BCUT2D eigenvalue weighted by Crippen LogP contribution is -2.48. The van der Waals surface area contributed by atoms with E-state index in [1.165, 1.54) is 20.9 Å². The van der Waals surface area contributed by atoms with Crippen LogP contribution < -0.4 is 4.90 Å². The molecule has 3 heterocycles. The lowest BCUT2D eigenvalue weighted by molar-refractivity contribution is 0.386. The van der Waals surface area contributed by atoms with Crippen LogP contribution in [0.2, 0.25) is 0 Å². The van der Waals surface area contributed by atoms with Gasteiger partial charge in [0, 0.05) is 31.1 Å². The number of thiazole rings is 1. The Morgan fingerprint density at radius 2 is 1.92 bits per heavy atom. The minimum Gasteiger partial charge on any atom is -0.345 e. The van der Waals surface area contributed by atoms with Gasteiger partial charge in [-0.1, -0.05) is 23.5 Å². The largest absolute Gasteiger partial charge is 0.345 e. The van der Waals surface area contributed by atoms with E-state index in [1.807, 2.05) is 0 Å². The monoisotopic (exact) mass is 411 g/mol. The maximum Gasteiger partial charge on any atom is 0.252 e. The van der Waals surface area contributed by atoms with Gasteiger partial charge >= 0.3 is 0 Å². The number of sulfonamides is 1. The van der Waals surface area contributed by atoms with E-state index in [1.54, 1.807) is 44.9 Å². The molecule has 3 aromatic rings. The first-order valence-corrected chi connectivity index (χ1v) is 12.2. The average molecular weight is 412 g/mol. The van der Waals surface area contributed by atoms with Crippen molar-refractivity contribution in [3.8, 4) is 0 Å². The van der Waals surface area contributed by atoms with Crippen LogP contribution in [0.15, 0.2) is 44.8 Å². The lowest BCUT2D eigenvalue weighted by Gasteiger charge is -2.33. The number of para-hydroxylation sites is 1. The number of benzene rings is 1. The van der Waals surface area contributed by atoms with Gasteiger partial charge < -0.3 is 4.90 Å². The van der Waals surface area contributed by atoms with Crippen molar-refractivity contribution in [2.75, 3.05) is 37.3 Å². The third-order valence-corrected chi connectivity index (χ3v) is 9.31. The van der Waals surface area contributed by atoms with E-state index in [4.69, 9.17) is 4.98 Å². The number of fused-ring (bicyclic) bond motifs is 1. The third kappa shape index (κ3) is 3.19.